The number of halogens is 1. The Hall–Kier alpha value is -0.720. The van der Waals surface area contributed by atoms with Crippen molar-refractivity contribution in [3.63, 3.8) is 0 Å². The Kier molecular flexibility index (Phi) is 2.31. The minimum Gasteiger partial charge on any atom is -0.322 e. The fourth-order valence-electron chi connectivity index (χ4n) is 0.824. The Bertz CT molecular complexity index is 333. The summed E-state index contributed by atoms with van der Waals surface area (Å²) >= 11 is 0. The van der Waals surface area contributed by atoms with Crippen molar-refractivity contribution < 1.29 is 17.4 Å². The van der Waals surface area contributed by atoms with Crippen molar-refractivity contribution >= 4 is 10.1 Å². The lowest BCUT2D eigenvalue weighted by Crippen LogP contribution is -2.31. The third kappa shape index (κ3) is 1.90. The van der Waals surface area contributed by atoms with E-state index in [2.05, 4.69) is 0 Å². The van der Waals surface area contributed by atoms with E-state index in [0.29, 0.717) is 0 Å². The molecule has 12 heavy (non-hydrogen) atoms. The zero-order valence-electron chi connectivity index (χ0n) is 6.01. The molecule has 2 unspecified atom stereocenters. The average Bonchev–Trinajstić information content (AvgIpc) is 1.92. The van der Waals surface area contributed by atoms with Crippen LogP contribution in [0.2, 0.25) is 0 Å². The fraction of sp³-hybridized carbons (Fsp3) is 0.333. The second kappa shape index (κ2) is 2.96. The van der Waals surface area contributed by atoms with Gasteiger partial charge in [0, 0.05) is 0 Å². The van der Waals surface area contributed by atoms with Crippen LogP contribution < -0.4 is 5.73 Å². The molecule has 1 aliphatic rings. The first-order valence-electron chi connectivity index (χ1n) is 3.18. The zero-order valence-corrected chi connectivity index (χ0v) is 6.83. The van der Waals surface area contributed by atoms with E-state index in [1.807, 2.05) is 0 Å². The summed E-state index contributed by atoms with van der Waals surface area (Å²) < 4.78 is 42.1. The van der Waals surface area contributed by atoms with Gasteiger partial charge in [0.2, 0.25) is 0 Å². The van der Waals surface area contributed by atoms with E-state index in [1.54, 1.807) is 0 Å². The maximum Gasteiger partial charge on any atom is 0.294 e. The molecule has 0 heterocycles. The fourth-order valence-corrected chi connectivity index (χ4v) is 1.40. The van der Waals surface area contributed by atoms with Gasteiger partial charge < -0.3 is 5.73 Å². The molecule has 0 fully saturated rings. The monoisotopic (exact) mass is 193 g/mol. The van der Waals surface area contributed by atoms with Crippen LogP contribution in [-0.4, -0.2) is 25.2 Å². The van der Waals surface area contributed by atoms with Crippen LogP contribution in [0, 0.1) is 0 Å². The first-order chi connectivity index (χ1) is 5.41. The average molecular weight is 193 g/mol. The molecule has 0 aromatic carbocycles. The molecule has 0 amide bonds. The third-order valence-corrected chi connectivity index (χ3v) is 2.33. The van der Waals surface area contributed by atoms with E-state index in [9.17, 15) is 12.8 Å². The highest BCUT2D eigenvalue weighted by Gasteiger charge is 2.21. The van der Waals surface area contributed by atoms with Crippen molar-refractivity contribution in [3.8, 4) is 0 Å². The summed E-state index contributed by atoms with van der Waals surface area (Å²) in [4.78, 5) is -0.357. The summed E-state index contributed by atoms with van der Waals surface area (Å²) in [6.45, 7) is 0. The molecule has 0 radical (unpaired) electrons. The molecule has 0 aliphatic heterocycles. The van der Waals surface area contributed by atoms with Crippen LogP contribution >= 0.6 is 0 Å². The number of hydrogen-bond acceptors (Lipinski definition) is 3. The predicted octanol–water partition coefficient (Wildman–Crippen LogP) is -0.00670. The number of allylic oxidation sites excluding steroid dienone is 1. The molecule has 0 aromatic rings. The van der Waals surface area contributed by atoms with Crippen molar-refractivity contribution in [1.82, 2.24) is 0 Å². The Morgan fingerprint density at radius 3 is 2.58 bits per heavy atom. The Morgan fingerprint density at radius 2 is 2.17 bits per heavy atom. The van der Waals surface area contributed by atoms with E-state index in [4.69, 9.17) is 10.3 Å². The topological polar surface area (TPSA) is 80.4 Å². The van der Waals surface area contributed by atoms with Crippen LogP contribution in [0.1, 0.15) is 0 Å². The standard InChI is InChI=1S/C6H8FNO3S/c7-5-2-1-4(3-6(5)8)12(9,10)11/h1-3,5-6H,8H2,(H,9,10,11). The van der Waals surface area contributed by atoms with Gasteiger partial charge in [0.05, 0.1) is 10.9 Å². The molecule has 1 rings (SSSR count). The van der Waals surface area contributed by atoms with Gasteiger partial charge in [-0.2, -0.15) is 8.42 Å². The molecule has 0 aromatic heterocycles. The second-order valence-corrected chi connectivity index (χ2v) is 3.85. The molecular formula is C6H8FNO3S. The summed E-state index contributed by atoms with van der Waals surface area (Å²) in [7, 11) is -4.25. The molecule has 0 saturated heterocycles. The second-order valence-electron chi connectivity index (χ2n) is 2.42. The first-order valence-corrected chi connectivity index (χ1v) is 4.62. The largest absolute Gasteiger partial charge is 0.322 e. The summed E-state index contributed by atoms with van der Waals surface area (Å²) in [5, 5.41) is 0. The van der Waals surface area contributed by atoms with Crippen molar-refractivity contribution in [1.29, 1.82) is 0 Å². The van der Waals surface area contributed by atoms with Crippen molar-refractivity contribution in [2.45, 2.75) is 12.2 Å². The van der Waals surface area contributed by atoms with Gasteiger partial charge in [-0.05, 0) is 18.2 Å². The van der Waals surface area contributed by atoms with Crippen molar-refractivity contribution in [2.24, 2.45) is 5.73 Å². The smallest absolute Gasteiger partial charge is 0.294 e. The lowest BCUT2D eigenvalue weighted by atomic mass is 10.1. The van der Waals surface area contributed by atoms with E-state index in [0.717, 1.165) is 18.2 Å². The maximum absolute atomic E-state index is 12.6. The highest BCUT2D eigenvalue weighted by Crippen LogP contribution is 2.16. The Morgan fingerprint density at radius 1 is 1.58 bits per heavy atom. The van der Waals surface area contributed by atoms with Gasteiger partial charge in [-0.15, -0.1) is 0 Å². The number of alkyl halides is 1. The van der Waals surface area contributed by atoms with Crippen LogP contribution in [0.15, 0.2) is 23.1 Å². The van der Waals surface area contributed by atoms with Crippen molar-refractivity contribution in [2.75, 3.05) is 0 Å². The SMILES string of the molecule is NC1C=C(S(=O)(=O)O)C=CC1F. The van der Waals surface area contributed by atoms with Crippen molar-refractivity contribution in [3.05, 3.63) is 23.1 Å². The molecule has 1 aliphatic carbocycles. The molecule has 0 bridgehead atoms. The highest BCUT2D eigenvalue weighted by atomic mass is 32.2. The molecule has 68 valence electrons. The number of rotatable bonds is 1. The van der Waals surface area contributed by atoms with E-state index >= 15 is 0 Å². The maximum atomic E-state index is 12.6. The Balaban J connectivity index is 2.99. The van der Waals surface area contributed by atoms with E-state index < -0.39 is 22.3 Å². The first kappa shape index (κ1) is 9.37. The van der Waals surface area contributed by atoms with Crippen LogP contribution in [-0.2, 0) is 10.1 Å². The normalized spacial score (nSPS) is 30.1. The van der Waals surface area contributed by atoms with Gasteiger partial charge in [0.25, 0.3) is 10.1 Å². The Labute approximate surface area is 69.3 Å². The minimum atomic E-state index is -4.25. The molecule has 3 N–H and O–H groups in total. The number of hydrogen-bond donors (Lipinski definition) is 2. The molecule has 4 nitrogen and oxygen atoms in total. The van der Waals surface area contributed by atoms with Gasteiger partial charge >= 0.3 is 0 Å². The van der Waals surface area contributed by atoms with Crippen LogP contribution in [0.3, 0.4) is 0 Å². The third-order valence-electron chi connectivity index (χ3n) is 1.47. The van der Waals surface area contributed by atoms with Gasteiger partial charge in [0.15, 0.2) is 0 Å². The van der Waals surface area contributed by atoms with Gasteiger partial charge in [-0.25, -0.2) is 4.39 Å². The molecule has 6 heteroatoms. The summed E-state index contributed by atoms with van der Waals surface area (Å²) in [5.74, 6) is 0. The summed E-state index contributed by atoms with van der Waals surface area (Å²) in [6.07, 6.45) is 1.56. The van der Waals surface area contributed by atoms with Gasteiger partial charge in [0.1, 0.15) is 6.17 Å². The minimum absolute atomic E-state index is 0.357. The van der Waals surface area contributed by atoms with Crippen LogP contribution in [0.25, 0.3) is 0 Å². The molecule has 2 atom stereocenters. The quantitative estimate of drug-likeness (QED) is 0.574. The summed E-state index contributed by atoms with van der Waals surface area (Å²) in [6, 6.07) is -1.01. The zero-order chi connectivity index (χ0) is 9.35. The van der Waals surface area contributed by atoms with Gasteiger partial charge in [-0.3, -0.25) is 4.55 Å². The summed E-state index contributed by atoms with van der Waals surface area (Å²) in [5.41, 5.74) is 5.19. The highest BCUT2D eigenvalue weighted by molar-refractivity contribution is 7.90. The van der Waals surface area contributed by atoms with E-state index in [-0.39, 0.29) is 4.91 Å². The number of nitrogens with two attached hydrogens (primary N) is 1. The molecular weight excluding hydrogens is 185 g/mol. The predicted molar refractivity (Wildman–Crippen MR) is 41.6 cm³/mol. The molecule has 0 saturated carbocycles. The lowest BCUT2D eigenvalue weighted by Gasteiger charge is -2.14. The lowest BCUT2D eigenvalue weighted by molar-refractivity contribution is 0.367. The molecule has 0 spiro atoms. The van der Waals surface area contributed by atoms with E-state index in [1.165, 1.54) is 0 Å². The van der Waals surface area contributed by atoms with Crippen LogP contribution in [0.5, 0.6) is 0 Å². The van der Waals surface area contributed by atoms with Crippen LogP contribution in [0.4, 0.5) is 4.39 Å². The van der Waals surface area contributed by atoms with Gasteiger partial charge in [-0.1, -0.05) is 0 Å².